The zero-order chi connectivity index (χ0) is 13.5. The van der Waals surface area contributed by atoms with E-state index in [1.165, 1.54) is 12.1 Å². The number of phenols is 1. The Labute approximate surface area is 114 Å². The van der Waals surface area contributed by atoms with Gasteiger partial charge in [-0.15, -0.1) is 0 Å². The molecule has 0 aromatic heterocycles. The number of para-hydroxylation sites is 1. The molecule has 98 valence electrons. The average molecular weight is 291 g/mol. The number of hydrogen-bond acceptors (Lipinski definition) is 3. The molecule has 0 fully saturated rings. The zero-order valence-corrected chi connectivity index (χ0v) is 10.8. The maximum atomic E-state index is 11.6. The second kappa shape index (κ2) is 7.08. The lowest BCUT2D eigenvalue weighted by Gasteiger charge is -2.08. The van der Waals surface area contributed by atoms with Gasteiger partial charge in [0.2, 0.25) is 0 Å². The molecular formula is C11H12Cl2N2O3. The van der Waals surface area contributed by atoms with Crippen molar-refractivity contribution in [1.29, 1.82) is 0 Å². The first kappa shape index (κ1) is 14.6. The van der Waals surface area contributed by atoms with Gasteiger partial charge in [-0.1, -0.05) is 35.3 Å². The largest absolute Gasteiger partial charge is 0.507 e. The van der Waals surface area contributed by atoms with Gasteiger partial charge in [-0.3, -0.25) is 9.59 Å². The molecule has 3 N–H and O–H groups in total. The fourth-order valence-corrected chi connectivity index (χ4v) is 1.35. The van der Waals surface area contributed by atoms with Crippen molar-refractivity contribution >= 4 is 35.0 Å². The van der Waals surface area contributed by atoms with Crippen molar-refractivity contribution in [2.75, 3.05) is 13.1 Å². The third-order valence-corrected chi connectivity index (χ3v) is 2.45. The predicted molar refractivity (Wildman–Crippen MR) is 68.9 cm³/mol. The third kappa shape index (κ3) is 4.43. The van der Waals surface area contributed by atoms with Crippen molar-refractivity contribution in [2.24, 2.45) is 0 Å². The lowest BCUT2D eigenvalue weighted by molar-refractivity contribution is -0.119. The second-order valence-corrected chi connectivity index (χ2v) is 4.46. The van der Waals surface area contributed by atoms with Gasteiger partial charge in [0.25, 0.3) is 11.8 Å². The Morgan fingerprint density at radius 1 is 1.17 bits per heavy atom. The topological polar surface area (TPSA) is 78.4 Å². The van der Waals surface area contributed by atoms with Gasteiger partial charge in [0.05, 0.1) is 5.56 Å². The molecule has 0 bridgehead atoms. The van der Waals surface area contributed by atoms with Gasteiger partial charge in [0.1, 0.15) is 5.75 Å². The maximum absolute atomic E-state index is 11.6. The van der Waals surface area contributed by atoms with Crippen LogP contribution in [0.1, 0.15) is 10.4 Å². The van der Waals surface area contributed by atoms with Crippen LogP contribution in [-0.4, -0.2) is 34.8 Å². The van der Waals surface area contributed by atoms with Gasteiger partial charge in [0, 0.05) is 13.1 Å². The normalized spacial score (nSPS) is 10.2. The van der Waals surface area contributed by atoms with Gasteiger partial charge in [0.15, 0.2) is 4.84 Å². The first-order valence-electron chi connectivity index (χ1n) is 5.14. The SMILES string of the molecule is O=C(NCCNC(=O)C(Cl)Cl)c1ccccc1O. The number of carbonyl (C=O) groups excluding carboxylic acids is 2. The van der Waals surface area contributed by atoms with Gasteiger partial charge >= 0.3 is 0 Å². The summed E-state index contributed by atoms with van der Waals surface area (Å²) in [5.41, 5.74) is 0.177. The smallest absolute Gasteiger partial charge is 0.255 e. The summed E-state index contributed by atoms with van der Waals surface area (Å²) < 4.78 is 0. The summed E-state index contributed by atoms with van der Waals surface area (Å²) in [6.45, 7) is 0.410. The lowest BCUT2D eigenvalue weighted by Crippen LogP contribution is -2.36. The molecule has 0 unspecified atom stereocenters. The number of halogens is 2. The van der Waals surface area contributed by atoms with E-state index in [0.717, 1.165) is 0 Å². The summed E-state index contributed by atoms with van der Waals surface area (Å²) in [4.78, 5) is 21.5. The number of benzene rings is 1. The molecule has 5 nitrogen and oxygen atoms in total. The molecule has 1 rings (SSSR count). The van der Waals surface area contributed by atoms with E-state index in [9.17, 15) is 14.7 Å². The van der Waals surface area contributed by atoms with E-state index in [4.69, 9.17) is 23.2 Å². The molecule has 18 heavy (non-hydrogen) atoms. The molecule has 2 amide bonds. The van der Waals surface area contributed by atoms with Crippen molar-refractivity contribution in [3.8, 4) is 5.75 Å². The van der Waals surface area contributed by atoms with Crippen molar-refractivity contribution < 1.29 is 14.7 Å². The van der Waals surface area contributed by atoms with Crippen LogP contribution < -0.4 is 10.6 Å². The molecule has 0 spiro atoms. The van der Waals surface area contributed by atoms with E-state index in [2.05, 4.69) is 10.6 Å². The molecule has 7 heteroatoms. The Bertz CT molecular complexity index is 438. The second-order valence-electron chi connectivity index (χ2n) is 3.36. The summed E-state index contributed by atoms with van der Waals surface area (Å²) in [7, 11) is 0. The minimum atomic E-state index is -1.13. The quantitative estimate of drug-likeness (QED) is 0.560. The first-order chi connectivity index (χ1) is 8.52. The minimum absolute atomic E-state index is 0.0967. The number of carbonyl (C=O) groups is 2. The molecule has 0 aliphatic carbocycles. The highest BCUT2D eigenvalue weighted by Gasteiger charge is 2.11. The van der Waals surface area contributed by atoms with E-state index >= 15 is 0 Å². The van der Waals surface area contributed by atoms with Crippen LogP contribution in [-0.2, 0) is 4.79 Å². The first-order valence-corrected chi connectivity index (χ1v) is 6.01. The standard InChI is InChI=1S/C11H12Cl2N2O3/c12-9(13)11(18)15-6-5-14-10(17)7-3-1-2-4-8(7)16/h1-4,9,16H,5-6H2,(H,14,17)(H,15,18). The number of alkyl halides is 2. The number of nitrogens with one attached hydrogen (secondary N) is 2. The Kier molecular flexibility index (Phi) is 5.74. The van der Waals surface area contributed by atoms with Crippen LogP contribution in [0.15, 0.2) is 24.3 Å². The van der Waals surface area contributed by atoms with Crippen LogP contribution >= 0.6 is 23.2 Å². The van der Waals surface area contributed by atoms with Gasteiger partial charge in [-0.2, -0.15) is 0 Å². The number of phenolic OH excluding ortho intramolecular Hbond substituents is 1. The summed E-state index contributed by atoms with van der Waals surface area (Å²) in [5, 5.41) is 14.4. The van der Waals surface area contributed by atoms with Crippen LogP contribution in [0.3, 0.4) is 0 Å². The number of aromatic hydroxyl groups is 1. The number of hydrogen-bond donors (Lipinski definition) is 3. The molecule has 1 aromatic carbocycles. The van der Waals surface area contributed by atoms with Gasteiger partial charge in [-0.05, 0) is 12.1 Å². The zero-order valence-electron chi connectivity index (χ0n) is 9.32. The molecule has 1 aromatic rings. The molecule has 0 aliphatic heterocycles. The van der Waals surface area contributed by atoms with E-state index in [0.29, 0.717) is 0 Å². The highest BCUT2D eigenvalue weighted by molar-refractivity contribution is 6.53. The van der Waals surface area contributed by atoms with Crippen LogP contribution in [0.25, 0.3) is 0 Å². The van der Waals surface area contributed by atoms with Crippen LogP contribution in [0, 0.1) is 0 Å². The van der Waals surface area contributed by atoms with E-state index in [-0.39, 0.29) is 24.4 Å². The van der Waals surface area contributed by atoms with Crippen molar-refractivity contribution in [3.63, 3.8) is 0 Å². The van der Waals surface area contributed by atoms with Crippen molar-refractivity contribution in [3.05, 3.63) is 29.8 Å². The molecule has 0 saturated carbocycles. The lowest BCUT2D eigenvalue weighted by atomic mass is 10.2. The fourth-order valence-electron chi connectivity index (χ4n) is 1.20. The molecular weight excluding hydrogens is 279 g/mol. The van der Waals surface area contributed by atoms with Crippen LogP contribution in [0.2, 0.25) is 0 Å². The number of amides is 2. The van der Waals surface area contributed by atoms with Crippen molar-refractivity contribution in [1.82, 2.24) is 10.6 Å². The molecule has 0 aliphatic rings. The molecule has 0 radical (unpaired) electrons. The fraction of sp³-hybridized carbons (Fsp3) is 0.273. The molecule has 0 saturated heterocycles. The van der Waals surface area contributed by atoms with E-state index < -0.39 is 16.7 Å². The molecule has 0 heterocycles. The van der Waals surface area contributed by atoms with Gasteiger partial charge < -0.3 is 15.7 Å². The summed E-state index contributed by atoms with van der Waals surface area (Å²) in [6, 6.07) is 6.18. The third-order valence-electron chi connectivity index (χ3n) is 2.06. The Balaban J connectivity index is 2.35. The van der Waals surface area contributed by atoms with Gasteiger partial charge in [-0.25, -0.2) is 0 Å². The summed E-state index contributed by atoms with van der Waals surface area (Å²) in [5.74, 6) is -1.04. The maximum Gasteiger partial charge on any atom is 0.255 e. The predicted octanol–water partition coefficient (Wildman–Crippen LogP) is 1.04. The Hall–Kier alpha value is -1.46. The highest BCUT2D eigenvalue weighted by Crippen LogP contribution is 2.14. The summed E-state index contributed by atoms with van der Waals surface area (Å²) in [6.07, 6.45) is 0. The summed E-state index contributed by atoms with van der Waals surface area (Å²) >= 11 is 10.6. The highest BCUT2D eigenvalue weighted by atomic mass is 35.5. The monoisotopic (exact) mass is 290 g/mol. The Morgan fingerprint density at radius 3 is 2.39 bits per heavy atom. The molecule has 0 atom stereocenters. The average Bonchev–Trinajstić information content (AvgIpc) is 2.34. The number of rotatable bonds is 5. The van der Waals surface area contributed by atoms with E-state index in [1.54, 1.807) is 12.1 Å². The minimum Gasteiger partial charge on any atom is -0.507 e. The van der Waals surface area contributed by atoms with Crippen molar-refractivity contribution in [2.45, 2.75) is 4.84 Å². The van der Waals surface area contributed by atoms with E-state index in [1.807, 2.05) is 0 Å². The Morgan fingerprint density at radius 2 is 1.78 bits per heavy atom. The van der Waals surface area contributed by atoms with Crippen LogP contribution in [0.5, 0.6) is 5.75 Å². The van der Waals surface area contributed by atoms with Crippen LogP contribution in [0.4, 0.5) is 0 Å².